The van der Waals surface area contributed by atoms with Gasteiger partial charge in [-0.05, 0) is 24.5 Å². The highest BCUT2D eigenvalue weighted by Crippen LogP contribution is 2.15. The fourth-order valence-electron chi connectivity index (χ4n) is 2.83. The summed E-state index contributed by atoms with van der Waals surface area (Å²) in [5.74, 6) is -1.07. The number of nitrogens with zero attached hydrogens (tertiary/aromatic N) is 3. The van der Waals surface area contributed by atoms with E-state index in [-0.39, 0.29) is 12.1 Å². The van der Waals surface area contributed by atoms with Crippen molar-refractivity contribution in [1.29, 1.82) is 0 Å². The van der Waals surface area contributed by atoms with Gasteiger partial charge in [-0.1, -0.05) is 30.3 Å². The number of hydrogen-bond acceptors (Lipinski definition) is 5. The molecule has 1 aromatic carbocycles. The Morgan fingerprint density at radius 2 is 1.88 bits per heavy atom. The van der Waals surface area contributed by atoms with E-state index in [4.69, 9.17) is 0 Å². The van der Waals surface area contributed by atoms with Crippen LogP contribution in [0.5, 0.6) is 0 Å². The molecule has 1 saturated heterocycles. The normalized spacial score (nSPS) is 15.0. The maximum absolute atomic E-state index is 12.4. The van der Waals surface area contributed by atoms with E-state index in [1.807, 2.05) is 35.2 Å². The summed E-state index contributed by atoms with van der Waals surface area (Å²) in [6, 6.07) is 9.68. The first-order valence-electron chi connectivity index (χ1n) is 8.29. The minimum atomic E-state index is -1.08. The van der Waals surface area contributed by atoms with Gasteiger partial charge in [0, 0.05) is 25.7 Å². The van der Waals surface area contributed by atoms with E-state index in [1.165, 1.54) is 12.3 Å². The van der Waals surface area contributed by atoms with Crippen LogP contribution in [0, 0.1) is 0 Å². The summed E-state index contributed by atoms with van der Waals surface area (Å²) in [6.45, 7) is 1.74. The summed E-state index contributed by atoms with van der Waals surface area (Å²) in [7, 11) is 0. The maximum Gasteiger partial charge on any atom is 0.326 e. The van der Waals surface area contributed by atoms with Crippen LogP contribution in [0.15, 0.2) is 42.6 Å². The second kappa shape index (κ2) is 7.74. The fraction of sp³-hybridized carbons (Fsp3) is 0.333. The van der Waals surface area contributed by atoms with Gasteiger partial charge >= 0.3 is 5.97 Å². The Labute approximate surface area is 145 Å². The van der Waals surface area contributed by atoms with Crippen molar-refractivity contribution in [2.24, 2.45) is 0 Å². The number of nitrogens with one attached hydrogen (secondary N) is 1. The molecule has 0 radical (unpaired) electrons. The molecule has 3 rings (SSSR count). The number of aliphatic carboxylic acids is 1. The molecular weight excluding hydrogens is 320 g/mol. The number of benzene rings is 1. The van der Waals surface area contributed by atoms with Crippen LogP contribution in [0.3, 0.4) is 0 Å². The molecule has 0 saturated carbocycles. The topological polar surface area (TPSA) is 95.4 Å². The number of carbonyl (C=O) groups is 2. The first-order valence-corrected chi connectivity index (χ1v) is 8.29. The van der Waals surface area contributed by atoms with Crippen molar-refractivity contribution in [3.05, 3.63) is 53.9 Å². The number of carbonyl (C=O) groups excluding carboxylic acids is 1. The molecule has 7 nitrogen and oxygen atoms in total. The standard InChI is InChI=1S/C18H20N4O3/c23-16(14-8-9-19-18(21-14)22-10-4-5-11-22)20-15(17(24)25)12-13-6-2-1-3-7-13/h1-3,6-9,15H,4-5,10-12H2,(H,20,23)(H,24,25)/t15-/m1/s1. The molecule has 7 heteroatoms. The maximum atomic E-state index is 12.4. The van der Waals surface area contributed by atoms with Crippen molar-refractivity contribution in [2.75, 3.05) is 18.0 Å². The minimum Gasteiger partial charge on any atom is -0.480 e. The third kappa shape index (κ3) is 4.32. The van der Waals surface area contributed by atoms with E-state index in [0.717, 1.165) is 31.5 Å². The van der Waals surface area contributed by atoms with E-state index in [9.17, 15) is 14.7 Å². The molecule has 130 valence electrons. The molecule has 0 bridgehead atoms. The zero-order valence-corrected chi connectivity index (χ0v) is 13.8. The molecule has 1 aromatic heterocycles. The van der Waals surface area contributed by atoms with E-state index in [1.54, 1.807) is 0 Å². The number of rotatable bonds is 6. The smallest absolute Gasteiger partial charge is 0.326 e. The SMILES string of the molecule is O=C(N[C@H](Cc1ccccc1)C(=O)O)c1ccnc(N2CCCC2)n1. The quantitative estimate of drug-likeness (QED) is 0.827. The number of anilines is 1. The second-order valence-electron chi connectivity index (χ2n) is 5.99. The Morgan fingerprint density at radius 1 is 1.16 bits per heavy atom. The minimum absolute atomic E-state index is 0.177. The van der Waals surface area contributed by atoms with Crippen LogP contribution in [0.1, 0.15) is 28.9 Å². The van der Waals surface area contributed by atoms with Crippen LogP contribution in [-0.4, -0.2) is 46.1 Å². The number of amides is 1. The Balaban J connectivity index is 1.71. The lowest BCUT2D eigenvalue weighted by Gasteiger charge is -2.17. The molecule has 2 N–H and O–H groups in total. The Kier molecular flexibility index (Phi) is 5.23. The van der Waals surface area contributed by atoms with Gasteiger partial charge in [-0.25, -0.2) is 14.8 Å². The zero-order chi connectivity index (χ0) is 17.6. The zero-order valence-electron chi connectivity index (χ0n) is 13.8. The number of carboxylic acids is 1. The average Bonchev–Trinajstić information content (AvgIpc) is 3.17. The molecule has 1 amide bonds. The van der Waals surface area contributed by atoms with Gasteiger partial charge in [-0.15, -0.1) is 0 Å². The van der Waals surface area contributed by atoms with Crippen LogP contribution < -0.4 is 10.2 Å². The van der Waals surface area contributed by atoms with Crippen LogP contribution in [0.2, 0.25) is 0 Å². The van der Waals surface area contributed by atoms with Gasteiger partial charge in [0.2, 0.25) is 5.95 Å². The monoisotopic (exact) mass is 340 g/mol. The van der Waals surface area contributed by atoms with Crippen molar-refractivity contribution in [1.82, 2.24) is 15.3 Å². The third-order valence-electron chi connectivity index (χ3n) is 4.15. The van der Waals surface area contributed by atoms with Crippen LogP contribution in [0.4, 0.5) is 5.95 Å². The lowest BCUT2D eigenvalue weighted by molar-refractivity contribution is -0.139. The Bertz CT molecular complexity index is 745. The molecular formula is C18H20N4O3. The van der Waals surface area contributed by atoms with Crippen LogP contribution in [-0.2, 0) is 11.2 Å². The van der Waals surface area contributed by atoms with Crippen molar-refractivity contribution < 1.29 is 14.7 Å². The van der Waals surface area contributed by atoms with Crippen LogP contribution >= 0.6 is 0 Å². The second-order valence-corrected chi connectivity index (χ2v) is 5.99. The molecule has 0 aliphatic carbocycles. The number of aromatic nitrogens is 2. The molecule has 0 unspecified atom stereocenters. The van der Waals surface area contributed by atoms with Crippen molar-refractivity contribution in [3.8, 4) is 0 Å². The summed E-state index contributed by atoms with van der Waals surface area (Å²) in [4.78, 5) is 34.4. The lowest BCUT2D eigenvalue weighted by Crippen LogP contribution is -2.42. The molecule has 25 heavy (non-hydrogen) atoms. The van der Waals surface area contributed by atoms with E-state index in [0.29, 0.717) is 5.95 Å². The first kappa shape index (κ1) is 16.9. The lowest BCUT2D eigenvalue weighted by atomic mass is 10.1. The van der Waals surface area contributed by atoms with Crippen molar-refractivity contribution in [2.45, 2.75) is 25.3 Å². The van der Waals surface area contributed by atoms with Gasteiger partial charge in [0.05, 0.1) is 0 Å². The summed E-state index contributed by atoms with van der Waals surface area (Å²) >= 11 is 0. The largest absolute Gasteiger partial charge is 0.480 e. The van der Waals surface area contributed by atoms with Gasteiger partial charge in [0.15, 0.2) is 0 Å². The predicted octanol–water partition coefficient (Wildman–Crippen LogP) is 1.50. The van der Waals surface area contributed by atoms with Gasteiger partial charge in [0.1, 0.15) is 11.7 Å². The number of carboxylic acid groups (broad SMARTS) is 1. The molecule has 1 aliphatic heterocycles. The molecule has 1 fully saturated rings. The van der Waals surface area contributed by atoms with Gasteiger partial charge in [-0.2, -0.15) is 0 Å². The number of hydrogen-bond donors (Lipinski definition) is 2. The van der Waals surface area contributed by atoms with Crippen molar-refractivity contribution in [3.63, 3.8) is 0 Å². The van der Waals surface area contributed by atoms with E-state index < -0.39 is 17.9 Å². The van der Waals surface area contributed by atoms with Crippen molar-refractivity contribution >= 4 is 17.8 Å². The highest BCUT2D eigenvalue weighted by atomic mass is 16.4. The fourth-order valence-corrected chi connectivity index (χ4v) is 2.83. The summed E-state index contributed by atoms with van der Waals surface area (Å²) < 4.78 is 0. The van der Waals surface area contributed by atoms with Gasteiger partial charge in [-0.3, -0.25) is 4.79 Å². The highest BCUT2D eigenvalue weighted by Gasteiger charge is 2.23. The molecule has 2 heterocycles. The Morgan fingerprint density at radius 3 is 2.56 bits per heavy atom. The molecule has 1 aliphatic rings. The first-order chi connectivity index (χ1) is 12.1. The van der Waals surface area contributed by atoms with E-state index in [2.05, 4.69) is 15.3 Å². The summed E-state index contributed by atoms with van der Waals surface area (Å²) in [5, 5.41) is 12.0. The van der Waals surface area contributed by atoms with Crippen LogP contribution in [0.25, 0.3) is 0 Å². The summed E-state index contributed by atoms with van der Waals surface area (Å²) in [5.41, 5.74) is 1.02. The Hall–Kier alpha value is -2.96. The summed E-state index contributed by atoms with van der Waals surface area (Å²) in [6.07, 6.45) is 3.91. The predicted molar refractivity (Wildman–Crippen MR) is 92.5 cm³/mol. The van der Waals surface area contributed by atoms with E-state index >= 15 is 0 Å². The molecule has 2 aromatic rings. The van der Waals surface area contributed by atoms with Gasteiger partial charge < -0.3 is 15.3 Å². The highest BCUT2D eigenvalue weighted by molar-refractivity contribution is 5.95. The molecule has 1 atom stereocenters. The molecule has 0 spiro atoms. The third-order valence-corrected chi connectivity index (χ3v) is 4.15. The van der Waals surface area contributed by atoms with Gasteiger partial charge in [0.25, 0.3) is 5.91 Å². The average molecular weight is 340 g/mol.